The molecule has 1 unspecified atom stereocenters. The molecule has 2 rings (SSSR count). The molecule has 1 aliphatic heterocycles. The van der Waals surface area contributed by atoms with Crippen molar-refractivity contribution in [3.8, 4) is 6.07 Å². The molecule has 1 aliphatic rings. The Bertz CT molecular complexity index is 413. The van der Waals surface area contributed by atoms with Crippen LogP contribution in [-0.2, 0) is 6.42 Å². The van der Waals surface area contributed by atoms with Gasteiger partial charge in [-0.2, -0.15) is 5.26 Å². The zero-order chi connectivity index (χ0) is 9.97. The first kappa shape index (κ1) is 8.96. The lowest BCUT2D eigenvalue weighted by atomic mass is 9.93. The van der Waals surface area contributed by atoms with Crippen molar-refractivity contribution in [3.05, 3.63) is 35.4 Å². The van der Waals surface area contributed by atoms with E-state index in [9.17, 15) is 0 Å². The van der Waals surface area contributed by atoms with Crippen LogP contribution in [0.25, 0.3) is 0 Å². The predicted octanol–water partition coefficient (Wildman–Crippen LogP) is 2.33. The maximum Gasteiger partial charge on any atom is 0.0776 e. The lowest BCUT2D eigenvalue weighted by Crippen LogP contribution is -2.18. The van der Waals surface area contributed by atoms with Crippen molar-refractivity contribution in [1.82, 2.24) is 0 Å². The molecule has 0 N–H and O–H groups in total. The van der Waals surface area contributed by atoms with Crippen LogP contribution in [0.2, 0.25) is 0 Å². The summed E-state index contributed by atoms with van der Waals surface area (Å²) >= 11 is 0. The van der Waals surface area contributed by atoms with Gasteiger partial charge in [0, 0.05) is 0 Å². The standard InChI is InChI=1S/C12H12N2/c1-9-8-10-4-2-3-5-11(10)12(14-9)6-7-13/h2-5,9H,6,8H2,1H3. The highest BCUT2D eigenvalue weighted by atomic mass is 14.8. The lowest BCUT2D eigenvalue weighted by molar-refractivity contribution is 0.725. The van der Waals surface area contributed by atoms with E-state index >= 15 is 0 Å². The first-order valence-electron chi connectivity index (χ1n) is 4.83. The Balaban J connectivity index is 2.45. The summed E-state index contributed by atoms with van der Waals surface area (Å²) < 4.78 is 0. The fraction of sp³-hybridized carbons (Fsp3) is 0.333. The van der Waals surface area contributed by atoms with Gasteiger partial charge in [0.2, 0.25) is 0 Å². The van der Waals surface area contributed by atoms with E-state index in [0.717, 1.165) is 17.7 Å². The second-order valence-corrected chi connectivity index (χ2v) is 3.62. The second kappa shape index (κ2) is 3.63. The fourth-order valence-electron chi connectivity index (χ4n) is 1.90. The highest BCUT2D eigenvalue weighted by Gasteiger charge is 2.16. The van der Waals surface area contributed by atoms with Gasteiger partial charge < -0.3 is 0 Å². The van der Waals surface area contributed by atoms with Crippen molar-refractivity contribution in [3.63, 3.8) is 0 Å². The molecule has 0 amide bonds. The van der Waals surface area contributed by atoms with Crippen LogP contribution in [0.15, 0.2) is 29.3 Å². The summed E-state index contributed by atoms with van der Waals surface area (Å²) in [5.41, 5.74) is 3.43. The molecule has 0 aromatic heterocycles. The number of nitrogens with zero attached hydrogens (tertiary/aromatic N) is 2. The van der Waals surface area contributed by atoms with Gasteiger partial charge in [0.05, 0.1) is 24.2 Å². The van der Waals surface area contributed by atoms with Gasteiger partial charge in [0.1, 0.15) is 0 Å². The molecule has 0 radical (unpaired) electrons. The average Bonchev–Trinajstić information content (AvgIpc) is 2.18. The normalized spacial score (nSPS) is 19.4. The minimum Gasteiger partial charge on any atom is -0.285 e. The van der Waals surface area contributed by atoms with Crippen LogP contribution in [0.5, 0.6) is 0 Å². The molecular formula is C12H12N2. The van der Waals surface area contributed by atoms with E-state index in [1.165, 1.54) is 5.56 Å². The van der Waals surface area contributed by atoms with Crippen molar-refractivity contribution in [2.75, 3.05) is 0 Å². The minimum atomic E-state index is 0.313. The molecule has 0 aliphatic carbocycles. The summed E-state index contributed by atoms with van der Waals surface area (Å²) in [6.45, 7) is 2.09. The number of hydrogen-bond donors (Lipinski definition) is 0. The largest absolute Gasteiger partial charge is 0.285 e. The van der Waals surface area contributed by atoms with Gasteiger partial charge in [-0.15, -0.1) is 0 Å². The summed E-state index contributed by atoms with van der Waals surface area (Å²) in [4.78, 5) is 4.51. The third-order valence-electron chi connectivity index (χ3n) is 2.47. The van der Waals surface area contributed by atoms with E-state index in [2.05, 4.69) is 30.1 Å². The molecule has 2 heteroatoms. The number of fused-ring (bicyclic) bond motifs is 1. The number of benzene rings is 1. The average molecular weight is 184 g/mol. The molecular weight excluding hydrogens is 172 g/mol. The monoisotopic (exact) mass is 184 g/mol. The Hall–Kier alpha value is -1.62. The van der Waals surface area contributed by atoms with E-state index < -0.39 is 0 Å². The molecule has 2 nitrogen and oxygen atoms in total. The summed E-state index contributed by atoms with van der Waals surface area (Å²) in [6.07, 6.45) is 1.41. The zero-order valence-electron chi connectivity index (χ0n) is 8.20. The Morgan fingerprint density at radius 2 is 2.29 bits per heavy atom. The van der Waals surface area contributed by atoms with Gasteiger partial charge in [-0.1, -0.05) is 24.3 Å². The SMILES string of the molecule is CC1Cc2ccccc2C(CC#N)=N1. The van der Waals surface area contributed by atoms with Gasteiger partial charge in [-0.05, 0) is 24.5 Å². The molecule has 1 aromatic rings. The Kier molecular flexibility index (Phi) is 2.32. The summed E-state index contributed by atoms with van der Waals surface area (Å²) in [6, 6.07) is 10.7. The summed E-state index contributed by atoms with van der Waals surface area (Å²) in [5.74, 6) is 0. The van der Waals surface area contributed by atoms with Crippen LogP contribution in [0.3, 0.4) is 0 Å². The maximum atomic E-state index is 8.70. The summed E-state index contributed by atoms with van der Waals surface area (Å²) in [7, 11) is 0. The first-order chi connectivity index (χ1) is 6.81. The highest BCUT2D eigenvalue weighted by molar-refractivity contribution is 6.03. The molecule has 14 heavy (non-hydrogen) atoms. The molecule has 0 saturated carbocycles. The molecule has 0 spiro atoms. The van der Waals surface area contributed by atoms with Crippen LogP contribution in [0, 0.1) is 11.3 Å². The van der Waals surface area contributed by atoms with E-state index in [1.54, 1.807) is 0 Å². The third kappa shape index (κ3) is 1.54. The van der Waals surface area contributed by atoms with Crippen molar-refractivity contribution in [2.45, 2.75) is 25.8 Å². The molecule has 1 heterocycles. The zero-order valence-corrected chi connectivity index (χ0v) is 8.20. The van der Waals surface area contributed by atoms with Gasteiger partial charge in [0.25, 0.3) is 0 Å². The lowest BCUT2D eigenvalue weighted by Gasteiger charge is -2.19. The number of rotatable bonds is 1. The molecule has 0 saturated heterocycles. The topological polar surface area (TPSA) is 36.1 Å². The van der Waals surface area contributed by atoms with Crippen LogP contribution >= 0.6 is 0 Å². The Morgan fingerprint density at radius 1 is 1.50 bits per heavy atom. The van der Waals surface area contributed by atoms with Crippen LogP contribution in [0.1, 0.15) is 24.5 Å². The van der Waals surface area contributed by atoms with Crippen LogP contribution in [0.4, 0.5) is 0 Å². The van der Waals surface area contributed by atoms with Gasteiger partial charge in [-0.25, -0.2) is 0 Å². The van der Waals surface area contributed by atoms with Crippen molar-refractivity contribution < 1.29 is 0 Å². The van der Waals surface area contributed by atoms with Crippen molar-refractivity contribution >= 4 is 5.71 Å². The molecule has 1 atom stereocenters. The van der Waals surface area contributed by atoms with E-state index in [-0.39, 0.29) is 0 Å². The van der Waals surface area contributed by atoms with Gasteiger partial charge in [-0.3, -0.25) is 4.99 Å². The van der Waals surface area contributed by atoms with E-state index in [1.807, 2.05) is 12.1 Å². The molecule has 0 fully saturated rings. The quantitative estimate of drug-likeness (QED) is 0.659. The summed E-state index contributed by atoms with van der Waals surface area (Å²) in [5, 5.41) is 8.70. The van der Waals surface area contributed by atoms with Crippen molar-refractivity contribution in [1.29, 1.82) is 5.26 Å². The second-order valence-electron chi connectivity index (χ2n) is 3.62. The fourth-order valence-corrected chi connectivity index (χ4v) is 1.90. The van der Waals surface area contributed by atoms with Crippen molar-refractivity contribution in [2.24, 2.45) is 4.99 Å². The molecule has 70 valence electrons. The Labute approximate surface area is 83.9 Å². The third-order valence-corrected chi connectivity index (χ3v) is 2.47. The Morgan fingerprint density at radius 3 is 3.07 bits per heavy atom. The predicted molar refractivity (Wildman–Crippen MR) is 56.4 cm³/mol. The van der Waals surface area contributed by atoms with E-state index in [4.69, 9.17) is 5.26 Å². The van der Waals surface area contributed by atoms with Gasteiger partial charge >= 0.3 is 0 Å². The maximum absolute atomic E-state index is 8.70. The smallest absolute Gasteiger partial charge is 0.0776 e. The molecule has 1 aromatic carbocycles. The number of aliphatic imine (C=N–C) groups is 1. The highest BCUT2D eigenvalue weighted by Crippen LogP contribution is 2.20. The minimum absolute atomic E-state index is 0.313. The van der Waals surface area contributed by atoms with Crippen LogP contribution in [-0.4, -0.2) is 11.8 Å². The number of nitriles is 1. The van der Waals surface area contributed by atoms with E-state index in [0.29, 0.717) is 12.5 Å². The first-order valence-corrected chi connectivity index (χ1v) is 4.83. The molecule has 0 bridgehead atoms. The van der Waals surface area contributed by atoms with Crippen LogP contribution < -0.4 is 0 Å². The number of hydrogen-bond acceptors (Lipinski definition) is 2. The van der Waals surface area contributed by atoms with Gasteiger partial charge in [0.15, 0.2) is 0 Å².